The van der Waals surface area contributed by atoms with E-state index >= 15 is 0 Å². The predicted octanol–water partition coefficient (Wildman–Crippen LogP) is 4.46. The van der Waals surface area contributed by atoms with E-state index in [0.29, 0.717) is 21.8 Å². The van der Waals surface area contributed by atoms with E-state index in [4.69, 9.17) is 0 Å². The molecule has 1 aromatic carbocycles. The molecule has 7 heteroatoms. The molecule has 1 N–H and O–H groups in total. The Morgan fingerprint density at radius 2 is 2.12 bits per heavy atom. The molecule has 0 spiro atoms. The fraction of sp³-hybridized carbons (Fsp3) is 0.235. The van der Waals surface area contributed by atoms with Crippen LogP contribution in [-0.4, -0.2) is 15.9 Å². The van der Waals surface area contributed by atoms with Gasteiger partial charge in [-0.05, 0) is 25.0 Å². The van der Waals surface area contributed by atoms with Crippen molar-refractivity contribution in [2.45, 2.75) is 25.2 Å². The van der Waals surface area contributed by atoms with Crippen LogP contribution in [0.25, 0.3) is 10.6 Å². The average molecular weight is 359 g/mol. The number of nitrogens with one attached hydrogen (secondary N) is 1. The Labute approximate surface area is 146 Å². The van der Waals surface area contributed by atoms with Crippen molar-refractivity contribution >= 4 is 33.7 Å². The average Bonchev–Trinajstić information content (AvgIpc) is 3.13. The predicted molar refractivity (Wildman–Crippen MR) is 93.9 cm³/mol. The monoisotopic (exact) mass is 359 g/mol. The first-order chi connectivity index (χ1) is 11.7. The molecular weight excluding hydrogens is 345 g/mol. The lowest BCUT2D eigenvalue weighted by molar-refractivity contribution is -0.115. The molecule has 3 aromatic rings. The van der Waals surface area contributed by atoms with Gasteiger partial charge < -0.3 is 5.32 Å². The zero-order valence-corrected chi connectivity index (χ0v) is 14.3. The molecule has 0 saturated heterocycles. The number of nitrogens with zero attached hydrogens (tertiary/aromatic N) is 2. The SMILES string of the molecule is O=C(Cc1csc(-c2cccc(F)c2)n1)Nc1nc(C2CC2)cs1. The molecule has 4 nitrogen and oxygen atoms in total. The summed E-state index contributed by atoms with van der Waals surface area (Å²) in [7, 11) is 0. The second kappa shape index (κ2) is 6.41. The van der Waals surface area contributed by atoms with Crippen molar-refractivity contribution in [1.29, 1.82) is 0 Å². The second-order valence-corrected chi connectivity index (χ2v) is 7.45. The lowest BCUT2D eigenvalue weighted by Crippen LogP contribution is -2.14. The number of thiazole rings is 2. The minimum absolute atomic E-state index is 0.136. The summed E-state index contributed by atoms with van der Waals surface area (Å²) in [6.45, 7) is 0. The number of rotatable bonds is 5. The highest BCUT2D eigenvalue weighted by atomic mass is 32.1. The van der Waals surface area contributed by atoms with Gasteiger partial charge in [-0.1, -0.05) is 12.1 Å². The normalized spacial score (nSPS) is 13.9. The van der Waals surface area contributed by atoms with Crippen molar-refractivity contribution in [1.82, 2.24) is 9.97 Å². The van der Waals surface area contributed by atoms with Crippen LogP contribution >= 0.6 is 22.7 Å². The molecule has 1 aliphatic rings. The number of anilines is 1. The second-order valence-electron chi connectivity index (χ2n) is 5.73. The van der Waals surface area contributed by atoms with Gasteiger partial charge in [0.1, 0.15) is 10.8 Å². The van der Waals surface area contributed by atoms with Crippen LogP contribution in [0.1, 0.15) is 30.1 Å². The number of hydrogen-bond donors (Lipinski definition) is 1. The first kappa shape index (κ1) is 15.4. The number of carbonyl (C=O) groups excluding carboxylic acids is 1. The van der Waals surface area contributed by atoms with Crippen molar-refractivity contribution in [2.24, 2.45) is 0 Å². The van der Waals surface area contributed by atoms with Crippen LogP contribution in [0.2, 0.25) is 0 Å². The molecule has 1 amide bonds. The van der Waals surface area contributed by atoms with Crippen LogP contribution in [0.4, 0.5) is 9.52 Å². The quantitative estimate of drug-likeness (QED) is 0.731. The van der Waals surface area contributed by atoms with Crippen molar-refractivity contribution in [3.8, 4) is 10.6 Å². The summed E-state index contributed by atoms with van der Waals surface area (Å²) in [4.78, 5) is 21.0. The highest BCUT2D eigenvalue weighted by Gasteiger charge is 2.26. The molecule has 0 bridgehead atoms. The van der Waals surface area contributed by atoms with Gasteiger partial charge in [-0.25, -0.2) is 14.4 Å². The highest BCUT2D eigenvalue weighted by molar-refractivity contribution is 7.14. The van der Waals surface area contributed by atoms with E-state index in [9.17, 15) is 9.18 Å². The summed E-state index contributed by atoms with van der Waals surface area (Å²) in [6.07, 6.45) is 2.57. The van der Waals surface area contributed by atoms with Crippen LogP contribution in [-0.2, 0) is 11.2 Å². The minimum Gasteiger partial charge on any atom is -0.302 e. The summed E-state index contributed by atoms with van der Waals surface area (Å²) in [5.74, 6) is 0.152. The number of benzene rings is 1. The molecule has 1 fully saturated rings. The van der Waals surface area contributed by atoms with Gasteiger partial charge in [0.15, 0.2) is 5.13 Å². The summed E-state index contributed by atoms with van der Waals surface area (Å²) in [6, 6.07) is 6.30. The summed E-state index contributed by atoms with van der Waals surface area (Å²) in [5, 5.41) is 8.02. The van der Waals surface area contributed by atoms with Crippen molar-refractivity contribution in [3.63, 3.8) is 0 Å². The number of halogens is 1. The number of carbonyl (C=O) groups is 1. The van der Waals surface area contributed by atoms with Crippen molar-refractivity contribution in [2.75, 3.05) is 5.32 Å². The zero-order valence-electron chi connectivity index (χ0n) is 12.7. The van der Waals surface area contributed by atoms with E-state index in [1.807, 2.05) is 10.8 Å². The fourth-order valence-electron chi connectivity index (χ4n) is 2.38. The van der Waals surface area contributed by atoms with Gasteiger partial charge >= 0.3 is 0 Å². The fourth-order valence-corrected chi connectivity index (χ4v) is 4.01. The molecule has 0 atom stereocenters. The van der Waals surface area contributed by atoms with E-state index in [2.05, 4.69) is 15.3 Å². The standard InChI is InChI=1S/C17H14FN3OS2/c18-12-3-1-2-11(6-12)16-19-13(8-23-16)7-15(22)21-17-20-14(9-24-17)10-4-5-10/h1-3,6,8-10H,4-5,7H2,(H,20,21,22). The largest absolute Gasteiger partial charge is 0.302 e. The third-order valence-electron chi connectivity index (χ3n) is 3.73. The Morgan fingerprint density at radius 3 is 2.92 bits per heavy atom. The van der Waals surface area contributed by atoms with Gasteiger partial charge in [0.25, 0.3) is 0 Å². The van der Waals surface area contributed by atoms with Gasteiger partial charge in [0.05, 0.1) is 17.8 Å². The van der Waals surface area contributed by atoms with Crippen LogP contribution in [0.3, 0.4) is 0 Å². The number of hydrogen-bond acceptors (Lipinski definition) is 5. The molecule has 2 heterocycles. The van der Waals surface area contributed by atoms with Gasteiger partial charge in [0.2, 0.25) is 5.91 Å². The Balaban J connectivity index is 1.40. The topological polar surface area (TPSA) is 54.9 Å². The molecule has 1 aliphatic carbocycles. The van der Waals surface area contributed by atoms with Gasteiger partial charge in [-0.15, -0.1) is 22.7 Å². The summed E-state index contributed by atoms with van der Waals surface area (Å²) < 4.78 is 13.3. The van der Waals surface area contributed by atoms with Gasteiger partial charge in [-0.2, -0.15) is 0 Å². The Morgan fingerprint density at radius 1 is 1.25 bits per heavy atom. The number of aromatic nitrogens is 2. The van der Waals surface area contributed by atoms with Crippen molar-refractivity contribution in [3.05, 3.63) is 52.2 Å². The first-order valence-electron chi connectivity index (χ1n) is 7.63. The van der Waals surface area contributed by atoms with Crippen molar-refractivity contribution < 1.29 is 9.18 Å². The van der Waals surface area contributed by atoms with Gasteiger partial charge in [0, 0.05) is 22.2 Å². The lowest BCUT2D eigenvalue weighted by Gasteiger charge is -1.99. The third kappa shape index (κ3) is 3.52. The van der Waals surface area contributed by atoms with Crippen LogP contribution in [0.15, 0.2) is 35.0 Å². The molecule has 24 heavy (non-hydrogen) atoms. The molecule has 2 aromatic heterocycles. The maximum atomic E-state index is 13.3. The van der Waals surface area contributed by atoms with E-state index in [1.54, 1.807) is 12.1 Å². The molecule has 122 valence electrons. The van der Waals surface area contributed by atoms with E-state index < -0.39 is 0 Å². The highest BCUT2D eigenvalue weighted by Crippen LogP contribution is 2.40. The molecule has 0 radical (unpaired) electrons. The van der Waals surface area contributed by atoms with E-state index in [0.717, 1.165) is 11.3 Å². The molecular formula is C17H14FN3OS2. The van der Waals surface area contributed by atoms with E-state index in [1.165, 1.54) is 47.6 Å². The van der Waals surface area contributed by atoms with E-state index in [-0.39, 0.29) is 18.1 Å². The maximum absolute atomic E-state index is 13.3. The third-order valence-corrected chi connectivity index (χ3v) is 5.45. The van der Waals surface area contributed by atoms with Crippen LogP contribution in [0.5, 0.6) is 0 Å². The van der Waals surface area contributed by atoms with Crippen LogP contribution in [0, 0.1) is 5.82 Å². The molecule has 0 unspecified atom stereocenters. The molecule has 1 saturated carbocycles. The summed E-state index contributed by atoms with van der Waals surface area (Å²) in [5.41, 5.74) is 2.48. The summed E-state index contributed by atoms with van der Waals surface area (Å²) >= 11 is 2.86. The maximum Gasteiger partial charge on any atom is 0.232 e. The molecule has 4 rings (SSSR count). The molecule has 0 aliphatic heterocycles. The smallest absolute Gasteiger partial charge is 0.232 e. The Hall–Kier alpha value is -2.12. The minimum atomic E-state index is -0.294. The van der Waals surface area contributed by atoms with Crippen LogP contribution < -0.4 is 5.32 Å². The first-order valence-corrected chi connectivity index (χ1v) is 9.39. The Bertz CT molecular complexity index is 885. The van der Waals surface area contributed by atoms with Gasteiger partial charge in [-0.3, -0.25) is 4.79 Å². The zero-order chi connectivity index (χ0) is 16.5. The number of amides is 1. The Kier molecular flexibility index (Phi) is 4.12. The lowest BCUT2D eigenvalue weighted by atomic mass is 10.2.